The highest BCUT2D eigenvalue weighted by molar-refractivity contribution is 6.31. The number of carbonyl (C=O) groups excluding carboxylic acids is 1. The molecule has 0 radical (unpaired) electrons. The molecule has 0 saturated heterocycles. The third-order valence-electron chi connectivity index (χ3n) is 5.38. The van der Waals surface area contributed by atoms with Crippen LogP contribution in [0.4, 0.5) is 0 Å². The highest BCUT2D eigenvalue weighted by atomic mass is 35.5. The third-order valence-corrected chi connectivity index (χ3v) is 6.75. The van der Waals surface area contributed by atoms with Crippen LogP contribution in [0.3, 0.4) is 0 Å². The molecule has 1 saturated carbocycles. The number of esters is 1. The molecule has 1 aromatic carbocycles. The number of furan rings is 1. The third kappa shape index (κ3) is 6.14. The average molecular weight is 476 g/mol. The molecule has 1 aliphatic rings. The summed E-state index contributed by atoms with van der Waals surface area (Å²) >= 11 is 19.4. The van der Waals surface area contributed by atoms with Crippen LogP contribution in [-0.2, 0) is 22.5 Å². The van der Waals surface area contributed by atoms with E-state index in [1.54, 1.807) is 6.07 Å². The Kier molecular flexibility index (Phi) is 8.90. The lowest BCUT2D eigenvalue weighted by Crippen LogP contribution is -2.24. The zero-order chi connectivity index (χ0) is 21.5. The standard InChI is InChI=1S/C22H25Cl3O5/c23-18-4-2-1-3-14(18)5-7-16-17(20(25)11-19(16)24)13-28-12-15-6-8-21(30-15)22(27)29-10-9-26/h1-4,6,8,16-17,19-20,26H,5,7,9-13H2/t16-,17-,19?,20?/m1/s1. The van der Waals surface area contributed by atoms with E-state index in [2.05, 4.69) is 0 Å². The molecule has 1 aliphatic carbocycles. The van der Waals surface area contributed by atoms with Gasteiger partial charge in [0.1, 0.15) is 19.0 Å². The Labute approximate surface area is 191 Å². The minimum atomic E-state index is -0.614. The first-order chi connectivity index (χ1) is 14.5. The van der Waals surface area contributed by atoms with Crippen LogP contribution in [0.25, 0.3) is 0 Å². The van der Waals surface area contributed by atoms with E-state index >= 15 is 0 Å². The molecule has 5 nitrogen and oxygen atoms in total. The van der Waals surface area contributed by atoms with Crippen LogP contribution < -0.4 is 0 Å². The van der Waals surface area contributed by atoms with Crippen molar-refractivity contribution in [3.63, 3.8) is 0 Å². The van der Waals surface area contributed by atoms with Crippen molar-refractivity contribution in [1.29, 1.82) is 0 Å². The summed E-state index contributed by atoms with van der Waals surface area (Å²) in [4.78, 5) is 11.7. The Morgan fingerprint density at radius 3 is 2.67 bits per heavy atom. The molecule has 4 atom stereocenters. The second-order valence-electron chi connectivity index (χ2n) is 7.37. The molecular weight excluding hydrogens is 451 g/mol. The van der Waals surface area contributed by atoms with Crippen LogP contribution in [0.15, 0.2) is 40.8 Å². The Morgan fingerprint density at radius 2 is 1.90 bits per heavy atom. The molecule has 0 spiro atoms. The second-order valence-corrected chi connectivity index (χ2v) is 8.89. The summed E-state index contributed by atoms with van der Waals surface area (Å²) in [6, 6.07) is 11.0. The minimum absolute atomic E-state index is 0.0000910. The van der Waals surface area contributed by atoms with Crippen LogP contribution in [0.2, 0.25) is 5.02 Å². The van der Waals surface area contributed by atoms with E-state index in [4.69, 9.17) is 53.8 Å². The van der Waals surface area contributed by atoms with Crippen LogP contribution in [0.1, 0.15) is 34.7 Å². The first kappa shape index (κ1) is 23.4. The van der Waals surface area contributed by atoms with Gasteiger partial charge in [0.2, 0.25) is 5.76 Å². The SMILES string of the molecule is O=C(OCCO)c1ccc(COC[C@H]2C(Cl)CC(Cl)[C@@H]2CCc2ccccc2Cl)o1. The summed E-state index contributed by atoms with van der Waals surface area (Å²) < 4.78 is 16.1. The van der Waals surface area contributed by atoms with Crippen molar-refractivity contribution in [1.82, 2.24) is 0 Å². The molecule has 1 N–H and O–H groups in total. The number of alkyl halides is 2. The van der Waals surface area contributed by atoms with Gasteiger partial charge in [0.25, 0.3) is 0 Å². The number of benzene rings is 1. The number of hydrogen-bond acceptors (Lipinski definition) is 5. The molecular formula is C22H25Cl3O5. The van der Waals surface area contributed by atoms with Gasteiger partial charge in [-0.1, -0.05) is 29.8 Å². The summed E-state index contributed by atoms with van der Waals surface area (Å²) in [7, 11) is 0. The smallest absolute Gasteiger partial charge is 0.374 e. The van der Waals surface area contributed by atoms with Crippen molar-refractivity contribution in [2.75, 3.05) is 19.8 Å². The van der Waals surface area contributed by atoms with Gasteiger partial charge in [-0.15, -0.1) is 23.2 Å². The van der Waals surface area contributed by atoms with Crippen LogP contribution in [-0.4, -0.2) is 41.7 Å². The largest absolute Gasteiger partial charge is 0.457 e. The molecule has 0 bridgehead atoms. The molecule has 1 fully saturated rings. The lowest BCUT2D eigenvalue weighted by Gasteiger charge is -2.23. The van der Waals surface area contributed by atoms with E-state index in [1.807, 2.05) is 24.3 Å². The summed E-state index contributed by atoms with van der Waals surface area (Å²) in [5.41, 5.74) is 1.11. The molecule has 0 aliphatic heterocycles. The van der Waals surface area contributed by atoms with Gasteiger partial charge in [0, 0.05) is 21.7 Å². The number of hydrogen-bond donors (Lipinski definition) is 1. The number of aryl methyl sites for hydroxylation is 1. The van der Waals surface area contributed by atoms with E-state index in [0.29, 0.717) is 12.4 Å². The van der Waals surface area contributed by atoms with Crippen molar-refractivity contribution in [2.45, 2.75) is 36.6 Å². The highest BCUT2D eigenvalue weighted by Crippen LogP contribution is 2.42. The van der Waals surface area contributed by atoms with Gasteiger partial charge in [-0.25, -0.2) is 4.79 Å². The predicted octanol–water partition coefficient (Wildman–Crippen LogP) is 5.08. The Bertz CT molecular complexity index is 825. The molecule has 0 amide bonds. The zero-order valence-corrected chi connectivity index (χ0v) is 18.7. The fourth-order valence-electron chi connectivity index (χ4n) is 3.82. The number of aliphatic hydroxyl groups is 1. The number of ether oxygens (including phenoxy) is 2. The normalized spacial score (nSPS) is 23.6. The second kappa shape index (κ2) is 11.4. The molecule has 3 rings (SSSR count). The maximum Gasteiger partial charge on any atom is 0.374 e. The lowest BCUT2D eigenvalue weighted by molar-refractivity contribution is 0.0379. The zero-order valence-electron chi connectivity index (χ0n) is 16.4. The van der Waals surface area contributed by atoms with Crippen LogP contribution >= 0.6 is 34.8 Å². The van der Waals surface area contributed by atoms with E-state index < -0.39 is 5.97 Å². The first-order valence-corrected chi connectivity index (χ1v) is 11.2. The summed E-state index contributed by atoms with van der Waals surface area (Å²) in [6.07, 6.45) is 2.47. The Morgan fingerprint density at radius 1 is 1.13 bits per heavy atom. The van der Waals surface area contributed by atoms with E-state index in [1.165, 1.54) is 6.07 Å². The Balaban J connectivity index is 1.51. The molecule has 2 aromatic rings. The highest BCUT2D eigenvalue weighted by Gasteiger charge is 2.41. The van der Waals surface area contributed by atoms with Crippen molar-refractivity contribution < 1.29 is 23.8 Å². The van der Waals surface area contributed by atoms with Crippen LogP contribution in [0, 0.1) is 11.8 Å². The van der Waals surface area contributed by atoms with Gasteiger partial charge in [-0.2, -0.15) is 0 Å². The molecule has 2 unspecified atom stereocenters. The fourth-order valence-corrected chi connectivity index (χ4v) is 5.10. The van der Waals surface area contributed by atoms with Crippen molar-refractivity contribution >= 4 is 40.8 Å². The van der Waals surface area contributed by atoms with E-state index in [9.17, 15) is 4.79 Å². The molecule has 30 heavy (non-hydrogen) atoms. The fraction of sp³-hybridized carbons (Fsp3) is 0.500. The van der Waals surface area contributed by atoms with Gasteiger partial charge < -0.3 is 19.0 Å². The molecule has 1 heterocycles. The number of rotatable bonds is 10. The molecule has 164 valence electrons. The quantitative estimate of drug-likeness (QED) is 0.383. The van der Waals surface area contributed by atoms with Crippen molar-refractivity contribution in [3.8, 4) is 0 Å². The summed E-state index contributed by atoms with van der Waals surface area (Å²) in [5.74, 6) is 0.338. The molecule has 1 aromatic heterocycles. The lowest BCUT2D eigenvalue weighted by atomic mass is 9.90. The molecule has 8 heteroatoms. The van der Waals surface area contributed by atoms with Gasteiger partial charge in [0.05, 0.1) is 13.2 Å². The summed E-state index contributed by atoms with van der Waals surface area (Å²) in [6.45, 7) is 0.370. The van der Waals surface area contributed by atoms with Gasteiger partial charge in [0.15, 0.2) is 0 Å². The van der Waals surface area contributed by atoms with Crippen molar-refractivity contribution in [2.24, 2.45) is 11.8 Å². The average Bonchev–Trinajstić information content (AvgIpc) is 3.30. The monoisotopic (exact) mass is 474 g/mol. The van der Waals surface area contributed by atoms with Crippen molar-refractivity contribution in [3.05, 3.63) is 58.5 Å². The van der Waals surface area contributed by atoms with Gasteiger partial charge in [-0.05, 0) is 48.9 Å². The number of carbonyl (C=O) groups is 1. The topological polar surface area (TPSA) is 68.9 Å². The maximum atomic E-state index is 11.7. The van der Waals surface area contributed by atoms with E-state index in [-0.39, 0.29) is 48.2 Å². The minimum Gasteiger partial charge on any atom is -0.457 e. The van der Waals surface area contributed by atoms with E-state index in [0.717, 1.165) is 29.8 Å². The van der Waals surface area contributed by atoms with Crippen LogP contribution in [0.5, 0.6) is 0 Å². The summed E-state index contributed by atoms with van der Waals surface area (Å²) in [5, 5.41) is 9.43. The predicted molar refractivity (Wildman–Crippen MR) is 116 cm³/mol. The first-order valence-electron chi connectivity index (χ1n) is 9.95. The van der Waals surface area contributed by atoms with Gasteiger partial charge >= 0.3 is 5.97 Å². The number of halogens is 3. The van der Waals surface area contributed by atoms with Gasteiger partial charge in [-0.3, -0.25) is 0 Å². The Hall–Kier alpha value is -1.24. The number of aliphatic hydroxyl groups excluding tert-OH is 1. The maximum absolute atomic E-state index is 11.7.